The lowest BCUT2D eigenvalue weighted by Crippen LogP contribution is -2.38. The molecule has 3 N–H and O–H groups in total. The third kappa shape index (κ3) is 13.5. The van der Waals surface area contributed by atoms with E-state index in [0.29, 0.717) is 45.6 Å². The molecule has 0 saturated heterocycles. The van der Waals surface area contributed by atoms with Crippen LogP contribution in [0.15, 0.2) is 0 Å². The van der Waals surface area contributed by atoms with Crippen LogP contribution in [-0.2, 0) is 14.2 Å². The molecule has 5 nitrogen and oxygen atoms in total. The maximum Gasteiger partial charge on any atom is 0.0701 e. The highest BCUT2D eigenvalue weighted by molar-refractivity contribution is 4.74. The van der Waals surface area contributed by atoms with Crippen LogP contribution in [0.4, 0.5) is 0 Å². The molecule has 0 spiro atoms. The number of nitrogens with two attached hydrogens (primary N) is 1. The van der Waals surface area contributed by atoms with E-state index in [1.165, 1.54) is 0 Å². The highest BCUT2D eigenvalue weighted by Crippen LogP contribution is 2.19. The van der Waals surface area contributed by atoms with Crippen LogP contribution < -0.4 is 11.1 Å². The van der Waals surface area contributed by atoms with Crippen LogP contribution in [0.5, 0.6) is 0 Å². The molecule has 0 heterocycles. The highest BCUT2D eigenvalue weighted by Gasteiger charge is 2.23. The summed E-state index contributed by atoms with van der Waals surface area (Å²) < 4.78 is 16.9. The number of nitrogens with one attached hydrogen (secondary N) is 1. The van der Waals surface area contributed by atoms with Gasteiger partial charge < -0.3 is 25.3 Å². The molecule has 0 fully saturated rings. The SMILES string of the molecule is CC(C)NCC(C)(C)COCC(C)(C)COCCOCCN. The average molecular weight is 319 g/mol. The predicted molar refractivity (Wildman–Crippen MR) is 92.2 cm³/mol. The van der Waals surface area contributed by atoms with Gasteiger partial charge in [-0.2, -0.15) is 0 Å². The van der Waals surface area contributed by atoms with E-state index < -0.39 is 0 Å². The van der Waals surface area contributed by atoms with Crippen LogP contribution in [0.2, 0.25) is 0 Å². The molecule has 0 aromatic carbocycles. The van der Waals surface area contributed by atoms with Crippen molar-refractivity contribution in [2.45, 2.75) is 47.6 Å². The molecule has 0 amide bonds. The molecular formula is C17H38N2O3. The summed E-state index contributed by atoms with van der Waals surface area (Å²) >= 11 is 0. The summed E-state index contributed by atoms with van der Waals surface area (Å²) in [6, 6.07) is 0.505. The molecule has 0 aromatic rings. The van der Waals surface area contributed by atoms with Crippen molar-refractivity contribution in [3.63, 3.8) is 0 Å². The second-order valence-corrected chi connectivity index (χ2v) is 7.81. The van der Waals surface area contributed by atoms with E-state index in [-0.39, 0.29) is 10.8 Å². The normalized spacial score (nSPS) is 13.1. The van der Waals surface area contributed by atoms with Crippen molar-refractivity contribution in [3.8, 4) is 0 Å². The molecule has 5 heteroatoms. The lowest BCUT2D eigenvalue weighted by atomic mass is 9.93. The molecule has 0 rings (SSSR count). The van der Waals surface area contributed by atoms with E-state index in [4.69, 9.17) is 19.9 Å². The molecule has 0 aliphatic rings. The van der Waals surface area contributed by atoms with Crippen molar-refractivity contribution in [2.75, 3.05) is 52.7 Å². The number of ether oxygens (including phenoxy) is 3. The first-order valence-corrected chi connectivity index (χ1v) is 8.35. The fourth-order valence-corrected chi connectivity index (χ4v) is 1.83. The van der Waals surface area contributed by atoms with Gasteiger partial charge in [-0.3, -0.25) is 0 Å². The van der Waals surface area contributed by atoms with Gasteiger partial charge in [0.05, 0.1) is 39.6 Å². The van der Waals surface area contributed by atoms with Gasteiger partial charge in [0.1, 0.15) is 0 Å². The van der Waals surface area contributed by atoms with E-state index in [0.717, 1.165) is 13.2 Å². The number of hydrogen-bond acceptors (Lipinski definition) is 5. The van der Waals surface area contributed by atoms with Gasteiger partial charge in [-0.25, -0.2) is 0 Å². The Hall–Kier alpha value is -0.200. The van der Waals surface area contributed by atoms with Crippen molar-refractivity contribution < 1.29 is 14.2 Å². The third-order valence-corrected chi connectivity index (χ3v) is 3.10. The Morgan fingerprint density at radius 1 is 0.818 bits per heavy atom. The van der Waals surface area contributed by atoms with Gasteiger partial charge in [0.15, 0.2) is 0 Å². The smallest absolute Gasteiger partial charge is 0.0701 e. The lowest BCUT2D eigenvalue weighted by molar-refractivity contribution is -0.0357. The fraction of sp³-hybridized carbons (Fsp3) is 1.00. The number of rotatable bonds is 14. The molecular weight excluding hydrogens is 280 g/mol. The summed E-state index contributed by atoms with van der Waals surface area (Å²) in [7, 11) is 0. The zero-order valence-corrected chi connectivity index (χ0v) is 15.5. The largest absolute Gasteiger partial charge is 0.380 e. The predicted octanol–water partition coefficient (Wildman–Crippen LogP) is 2.05. The Balaban J connectivity index is 3.77. The zero-order chi connectivity index (χ0) is 17.1. The molecule has 134 valence electrons. The minimum Gasteiger partial charge on any atom is -0.380 e. The van der Waals surface area contributed by atoms with Crippen molar-refractivity contribution in [2.24, 2.45) is 16.6 Å². The first kappa shape index (κ1) is 21.8. The summed E-state index contributed by atoms with van der Waals surface area (Å²) in [6.07, 6.45) is 0. The third-order valence-electron chi connectivity index (χ3n) is 3.10. The van der Waals surface area contributed by atoms with Gasteiger partial charge >= 0.3 is 0 Å². The molecule has 0 bridgehead atoms. The van der Waals surface area contributed by atoms with Crippen LogP contribution in [0.3, 0.4) is 0 Å². The zero-order valence-electron chi connectivity index (χ0n) is 15.5. The van der Waals surface area contributed by atoms with E-state index in [1.54, 1.807) is 0 Å². The molecule has 0 unspecified atom stereocenters. The molecule has 0 radical (unpaired) electrons. The van der Waals surface area contributed by atoms with Crippen molar-refractivity contribution in [1.82, 2.24) is 5.32 Å². The second-order valence-electron chi connectivity index (χ2n) is 7.81. The quantitative estimate of drug-likeness (QED) is 0.480. The summed E-state index contributed by atoms with van der Waals surface area (Å²) in [4.78, 5) is 0. The van der Waals surface area contributed by atoms with E-state index in [1.807, 2.05) is 0 Å². The maximum atomic E-state index is 5.92. The number of hydrogen-bond donors (Lipinski definition) is 2. The Bertz CT molecular complexity index is 269. The Morgan fingerprint density at radius 2 is 1.36 bits per heavy atom. The molecule has 0 saturated carbocycles. The molecule has 22 heavy (non-hydrogen) atoms. The van der Waals surface area contributed by atoms with E-state index in [2.05, 4.69) is 46.9 Å². The van der Waals surface area contributed by atoms with Gasteiger partial charge in [-0.05, 0) is 0 Å². The Labute approximate surface area is 137 Å². The topological polar surface area (TPSA) is 65.7 Å². The molecule has 0 aliphatic heterocycles. The monoisotopic (exact) mass is 318 g/mol. The fourth-order valence-electron chi connectivity index (χ4n) is 1.83. The van der Waals surface area contributed by atoms with Crippen LogP contribution in [0.25, 0.3) is 0 Å². The second kappa shape index (κ2) is 11.4. The first-order chi connectivity index (χ1) is 10.2. The summed E-state index contributed by atoms with van der Waals surface area (Å²) in [5.74, 6) is 0. The Morgan fingerprint density at radius 3 is 1.95 bits per heavy atom. The van der Waals surface area contributed by atoms with Crippen molar-refractivity contribution >= 4 is 0 Å². The minimum atomic E-state index is 0.00935. The lowest BCUT2D eigenvalue weighted by Gasteiger charge is -2.29. The van der Waals surface area contributed by atoms with E-state index >= 15 is 0 Å². The first-order valence-electron chi connectivity index (χ1n) is 8.35. The van der Waals surface area contributed by atoms with Gasteiger partial charge in [0.25, 0.3) is 0 Å². The van der Waals surface area contributed by atoms with E-state index in [9.17, 15) is 0 Å². The summed E-state index contributed by atoms with van der Waals surface area (Å²) in [6.45, 7) is 18.5. The van der Waals surface area contributed by atoms with Crippen LogP contribution in [0, 0.1) is 10.8 Å². The van der Waals surface area contributed by atoms with Gasteiger partial charge in [-0.1, -0.05) is 41.5 Å². The van der Waals surface area contributed by atoms with Gasteiger partial charge in [0, 0.05) is 30.0 Å². The van der Waals surface area contributed by atoms with Crippen molar-refractivity contribution in [3.05, 3.63) is 0 Å². The minimum absolute atomic E-state index is 0.00935. The van der Waals surface area contributed by atoms with Crippen molar-refractivity contribution in [1.29, 1.82) is 0 Å². The molecule has 0 aromatic heterocycles. The molecule has 0 atom stereocenters. The standard InChI is InChI=1S/C17H38N2O3/c1-15(2)19-11-16(3,4)12-22-14-17(5,6)13-21-10-9-20-8-7-18/h15,19H,7-14,18H2,1-6H3. The van der Waals surface area contributed by atoms with Crippen LogP contribution in [0.1, 0.15) is 41.5 Å². The van der Waals surface area contributed by atoms with Gasteiger partial charge in [0.2, 0.25) is 0 Å². The van der Waals surface area contributed by atoms with Crippen LogP contribution in [-0.4, -0.2) is 58.8 Å². The van der Waals surface area contributed by atoms with Gasteiger partial charge in [-0.15, -0.1) is 0 Å². The summed E-state index contributed by atoms with van der Waals surface area (Å²) in [5, 5.41) is 3.46. The molecule has 0 aliphatic carbocycles. The average Bonchev–Trinajstić information content (AvgIpc) is 2.40. The Kier molecular flexibility index (Phi) is 11.3. The van der Waals surface area contributed by atoms with Crippen LogP contribution >= 0.6 is 0 Å². The highest BCUT2D eigenvalue weighted by atomic mass is 16.5. The maximum absolute atomic E-state index is 5.92. The summed E-state index contributed by atoms with van der Waals surface area (Å²) in [5.41, 5.74) is 5.50.